The molecule has 1 aromatic heterocycles. The number of aromatic nitrogens is 1. The van der Waals surface area contributed by atoms with E-state index < -0.39 is 10.0 Å². The molecule has 26 heavy (non-hydrogen) atoms. The van der Waals surface area contributed by atoms with Crippen molar-refractivity contribution in [3.05, 3.63) is 45.9 Å². The molecule has 0 saturated carbocycles. The number of fused-ring (bicyclic) bond motifs is 3. The Hall–Kier alpha value is -1.74. The summed E-state index contributed by atoms with van der Waals surface area (Å²) in [7, 11) is -3.36. The van der Waals surface area contributed by atoms with Gasteiger partial charge in [-0.1, -0.05) is 18.2 Å². The summed E-state index contributed by atoms with van der Waals surface area (Å²) in [6.07, 6.45) is 0.614. The first-order valence-electron chi connectivity index (χ1n) is 8.95. The van der Waals surface area contributed by atoms with Crippen molar-refractivity contribution < 1.29 is 13.2 Å². The van der Waals surface area contributed by atoms with Crippen LogP contribution in [0.4, 0.5) is 0 Å². The fraction of sp³-hybridized carbons (Fsp3) is 0.500. The molecule has 7 nitrogen and oxygen atoms in total. The zero-order valence-electron chi connectivity index (χ0n) is 14.6. The third kappa shape index (κ3) is 3.42. The summed E-state index contributed by atoms with van der Waals surface area (Å²) >= 11 is 0. The highest BCUT2D eigenvalue weighted by Crippen LogP contribution is 2.25. The molecule has 1 fully saturated rings. The Morgan fingerprint density at radius 2 is 1.81 bits per heavy atom. The molecule has 1 saturated heterocycles. The lowest BCUT2D eigenvalue weighted by Gasteiger charge is -2.30. The number of rotatable bonds is 4. The highest BCUT2D eigenvalue weighted by atomic mass is 32.2. The van der Waals surface area contributed by atoms with Crippen LogP contribution >= 0.6 is 0 Å². The minimum atomic E-state index is -3.36. The second kappa shape index (κ2) is 7.11. The SMILES string of the molecule is O=c1[nH]c2c(c3ccccc13)CCN(S(=O)(=O)CCN1CCOCC1)C2. The lowest BCUT2D eigenvalue weighted by atomic mass is 9.99. The van der Waals surface area contributed by atoms with Crippen LogP contribution < -0.4 is 5.56 Å². The van der Waals surface area contributed by atoms with Gasteiger partial charge < -0.3 is 9.72 Å². The van der Waals surface area contributed by atoms with Gasteiger partial charge in [0.15, 0.2) is 0 Å². The molecule has 3 heterocycles. The van der Waals surface area contributed by atoms with Crippen LogP contribution in [0.5, 0.6) is 0 Å². The molecule has 4 rings (SSSR count). The second-order valence-electron chi connectivity index (χ2n) is 6.81. The van der Waals surface area contributed by atoms with E-state index in [-0.39, 0.29) is 17.9 Å². The van der Waals surface area contributed by atoms with Crippen molar-refractivity contribution in [1.29, 1.82) is 0 Å². The maximum Gasteiger partial charge on any atom is 0.256 e. The van der Waals surface area contributed by atoms with Crippen molar-refractivity contribution in [2.45, 2.75) is 13.0 Å². The van der Waals surface area contributed by atoms with Crippen LogP contribution in [0, 0.1) is 0 Å². The zero-order valence-corrected chi connectivity index (χ0v) is 15.4. The van der Waals surface area contributed by atoms with Gasteiger partial charge in [0, 0.05) is 37.3 Å². The normalized spacial score (nSPS) is 19.5. The lowest BCUT2D eigenvalue weighted by molar-refractivity contribution is 0.0407. The Labute approximate surface area is 152 Å². The highest BCUT2D eigenvalue weighted by Gasteiger charge is 2.29. The number of hydrogen-bond acceptors (Lipinski definition) is 5. The molecule has 0 amide bonds. The summed E-state index contributed by atoms with van der Waals surface area (Å²) in [6.45, 7) is 4.07. The van der Waals surface area contributed by atoms with Crippen molar-refractivity contribution in [1.82, 2.24) is 14.2 Å². The van der Waals surface area contributed by atoms with E-state index in [1.165, 1.54) is 4.31 Å². The predicted molar refractivity (Wildman–Crippen MR) is 99.7 cm³/mol. The standard InChI is InChI=1S/C18H23N3O4S/c22-18-16-4-2-1-3-14(16)15-5-6-21(13-17(15)19-18)26(23,24)12-9-20-7-10-25-11-8-20/h1-4H,5-13H2,(H,19,22). The minimum Gasteiger partial charge on any atom is -0.379 e. The van der Waals surface area contributed by atoms with E-state index in [1.54, 1.807) is 6.07 Å². The number of ether oxygens (including phenoxy) is 1. The van der Waals surface area contributed by atoms with E-state index in [1.807, 2.05) is 18.2 Å². The van der Waals surface area contributed by atoms with Gasteiger partial charge in [0.05, 0.1) is 25.5 Å². The molecule has 0 bridgehead atoms. The Bertz CT molecular complexity index is 964. The number of morpholine rings is 1. The Morgan fingerprint density at radius 3 is 2.58 bits per heavy atom. The molecule has 0 atom stereocenters. The van der Waals surface area contributed by atoms with Crippen LogP contribution in [0.2, 0.25) is 0 Å². The van der Waals surface area contributed by atoms with Gasteiger partial charge in [0.1, 0.15) is 0 Å². The highest BCUT2D eigenvalue weighted by molar-refractivity contribution is 7.89. The first-order valence-corrected chi connectivity index (χ1v) is 10.6. The smallest absolute Gasteiger partial charge is 0.256 e. The molecule has 0 radical (unpaired) electrons. The largest absolute Gasteiger partial charge is 0.379 e. The summed E-state index contributed by atoms with van der Waals surface area (Å²) in [6, 6.07) is 7.49. The molecule has 0 aliphatic carbocycles. The van der Waals surface area contributed by atoms with Gasteiger partial charge in [0.2, 0.25) is 10.0 Å². The number of nitrogens with one attached hydrogen (secondary N) is 1. The summed E-state index contributed by atoms with van der Waals surface area (Å²) < 4.78 is 32.3. The molecule has 1 N–H and O–H groups in total. The van der Waals surface area contributed by atoms with Crippen LogP contribution in [0.1, 0.15) is 11.3 Å². The lowest BCUT2D eigenvalue weighted by Crippen LogP contribution is -2.43. The van der Waals surface area contributed by atoms with Gasteiger partial charge in [-0.05, 0) is 23.4 Å². The summed E-state index contributed by atoms with van der Waals surface area (Å²) in [4.78, 5) is 17.3. The monoisotopic (exact) mass is 377 g/mol. The van der Waals surface area contributed by atoms with Crippen LogP contribution in [0.3, 0.4) is 0 Å². The van der Waals surface area contributed by atoms with Crippen LogP contribution in [-0.4, -0.2) is 67.8 Å². The molecule has 8 heteroatoms. The first-order chi connectivity index (χ1) is 12.5. The quantitative estimate of drug-likeness (QED) is 0.841. The average molecular weight is 377 g/mol. The van der Waals surface area contributed by atoms with E-state index in [2.05, 4.69) is 9.88 Å². The van der Waals surface area contributed by atoms with E-state index in [0.29, 0.717) is 38.1 Å². The van der Waals surface area contributed by atoms with Gasteiger partial charge in [0.25, 0.3) is 5.56 Å². The van der Waals surface area contributed by atoms with Crippen molar-refractivity contribution in [3.8, 4) is 0 Å². The Morgan fingerprint density at radius 1 is 1.08 bits per heavy atom. The van der Waals surface area contributed by atoms with E-state index in [9.17, 15) is 13.2 Å². The molecular formula is C18H23N3O4S. The molecular weight excluding hydrogens is 354 g/mol. The van der Waals surface area contributed by atoms with Gasteiger partial charge in [-0.3, -0.25) is 9.69 Å². The van der Waals surface area contributed by atoms with Crippen molar-refractivity contribution in [3.63, 3.8) is 0 Å². The first kappa shape index (κ1) is 17.7. The number of hydrogen-bond donors (Lipinski definition) is 1. The van der Waals surface area contributed by atoms with E-state index >= 15 is 0 Å². The van der Waals surface area contributed by atoms with Gasteiger partial charge in [-0.25, -0.2) is 8.42 Å². The number of H-pyrrole nitrogens is 1. The van der Waals surface area contributed by atoms with Crippen molar-refractivity contribution in [2.24, 2.45) is 0 Å². The van der Waals surface area contributed by atoms with Gasteiger partial charge in [-0.15, -0.1) is 0 Å². The molecule has 2 aliphatic rings. The Kier molecular flexibility index (Phi) is 4.83. The Balaban J connectivity index is 1.53. The van der Waals surface area contributed by atoms with Gasteiger partial charge >= 0.3 is 0 Å². The predicted octanol–water partition coefficient (Wildman–Crippen LogP) is 0.548. The average Bonchev–Trinajstić information content (AvgIpc) is 2.67. The summed E-state index contributed by atoms with van der Waals surface area (Å²) in [5, 5.41) is 1.59. The van der Waals surface area contributed by atoms with Crippen LogP contribution in [0.25, 0.3) is 10.8 Å². The zero-order chi connectivity index (χ0) is 18.1. The molecule has 140 valence electrons. The molecule has 2 aromatic rings. The number of aromatic amines is 1. The van der Waals surface area contributed by atoms with Crippen molar-refractivity contribution >= 4 is 20.8 Å². The molecule has 2 aliphatic heterocycles. The summed E-state index contributed by atoms with van der Waals surface area (Å²) in [5.74, 6) is 0.0974. The maximum atomic E-state index is 12.8. The van der Waals surface area contributed by atoms with Crippen molar-refractivity contribution in [2.75, 3.05) is 45.1 Å². The third-order valence-corrected chi connectivity index (χ3v) is 7.03. The van der Waals surface area contributed by atoms with Crippen LogP contribution in [0.15, 0.2) is 29.1 Å². The maximum absolute atomic E-state index is 12.8. The van der Waals surface area contributed by atoms with Gasteiger partial charge in [-0.2, -0.15) is 4.31 Å². The second-order valence-corrected chi connectivity index (χ2v) is 8.90. The van der Waals surface area contributed by atoms with Crippen LogP contribution in [-0.2, 0) is 27.7 Å². The number of sulfonamides is 1. The summed E-state index contributed by atoms with van der Waals surface area (Å²) in [5.41, 5.74) is 1.61. The molecule has 0 spiro atoms. The van der Waals surface area contributed by atoms with E-state index in [0.717, 1.165) is 29.7 Å². The minimum absolute atomic E-state index is 0.0974. The topological polar surface area (TPSA) is 82.7 Å². The fourth-order valence-corrected chi connectivity index (χ4v) is 5.18. The molecule has 0 unspecified atom stereocenters. The van der Waals surface area contributed by atoms with E-state index in [4.69, 9.17) is 4.74 Å². The number of benzene rings is 1. The fourth-order valence-electron chi connectivity index (χ4n) is 3.73. The number of nitrogens with zero attached hydrogens (tertiary/aromatic N) is 2. The molecule has 1 aromatic carbocycles. The number of pyridine rings is 1. The third-order valence-electron chi connectivity index (χ3n) is 5.23.